The van der Waals surface area contributed by atoms with Crippen LogP contribution in [0.2, 0.25) is 0 Å². The highest BCUT2D eigenvalue weighted by Crippen LogP contribution is 2.39. The summed E-state index contributed by atoms with van der Waals surface area (Å²) in [6.07, 6.45) is 4.04. The molecule has 5 nitrogen and oxygen atoms in total. The molecule has 2 amide bonds. The Labute approximate surface area is 172 Å². The standard InChI is InChI=1S/C21H22N2O3S2/c1-22-19(24)16-14-9-5-6-10-15(14)28-21(16)23-20(25)17-18(27-12-11-26-17)13-7-3-2-4-8-13/h2-4,7-8H,5-6,9-12H2,1H3,(H,22,24)(H,23,25). The second-order valence-electron chi connectivity index (χ2n) is 6.67. The minimum atomic E-state index is -0.296. The molecule has 0 bridgehead atoms. The second kappa shape index (κ2) is 8.41. The first-order chi connectivity index (χ1) is 13.7. The zero-order valence-electron chi connectivity index (χ0n) is 15.7. The number of thiophene rings is 1. The van der Waals surface area contributed by atoms with E-state index in [1.807, 2.05) is 30.3 Å². The number of rotatable bonds is 4. The van der Waals surface area contributed by atoms with E-state index in [2.05, 4.69) is 10.6 Å². The van der Waals surface area contributed by atoms with E-state index in [-0.39, 0.29) is 11.8 Å². The molecular weight excluding hydrogens is 392 g/mol. The molecule has 7 heteroatoms. The Balaban J connectivity index is 1.69. The predicted molar refractivity (Wildman–Crippen MR) is 115 cm³/mol. The summed E-state index contributed by atoms with van der Waals surface area (Å²) in [6, 6.07) is 9.80. The van der Waals surface area contributed by atoms with Gasteiger partial charge in [0.2, 0.25) is 0 Å². The van der Waals surface area contributed by atoms with E-state index >= 15 is 0 Å². The summed E-state index contributed by atoms with van der Waals surface area (Å²) < 4.78 is 5.76. The number of ether oxygens (including phenoxy) is 1. The number of amides is 2. The monoisotopic (exact) mass is 414 g/mol. The summed E-state index contributed by atoms with van der Waals surface area (Å²) in [5.74, 6) is 0.690. The van der Waals surface area contributed by atoms with Gasteiger partial charge in [0, 0.05) is 17.7 Å². The molecular formula is C21H22N2O3S2. The van der Waals surface area contributed by atoms with Crippen LogP contribution < -0.4 is 10.6 Å². The fourth-order valence-electron chi connectivity index (χ4n) is 3.57. The Hall–Kier alpha value is -2.25. The van der Waals surface area contributed by atoms with E-state index in [1.54, 1.807) is 18.8 Å². The molecule has 1 aromatic carbocycles. The van der Waals surface area contributed by atoms with Crippen LogP contribution in [0.1, 0.15) is 39.2 Å². The lowest BCUT2D eigenvalue weighted by Gasteiger charge is -2.20. The Morgan fingerprint density at radius 3 is 2.64 bits per heavy atom. The van der Waals surface area contributed by atoms with Gasteiger partial charge in [0.05, 0.1) is 17.1 Å². The van der Waals surface area contributed by atoms with Crippen LogP contribution >= 0.6 is 23.1 Å². The normalized spacial score (nSPS) is 16.2. The fourth-order valence-corrected chi connectivity index (χ4v) is 5.81. The maximum absolute atomic E-state index is 13.1. The van der Waals surface area contributed by atoms with Crippen LogP contribution in [0.4, 0.5) is 5.00 Å². The smallest absolute Gasteiger partial charge is 0.292 e. The second-order valence-corrected chi connectivity index (χ2v) is 8.88. The molecule has 2 heterocycles. The van der Waals surface area contributed by atoms with Gasteiger partial charge in [0.25, 0.3) is 11.8 Å². The summed E-state index contributed by atoms with van der Waals surface area (Å²) in [5, 5.41) is 6.31. The summed E-state index contributed by atoms with van der Waals surface area (Å²) in [4.78, 5) is 27.6. The third kappa shape index (κ3) is 3.69. The molecule has 1 aliphatic carbocycles. The number of fused-ring (bicyclic) bond motifs is 1. The molecule has 28 heavy (non-hydrogen) atoms. The van der Waals surface area contributed by atoms with Gasteiger partial charge in [-0.15, -0.1) is 23.1 Å². The Morgan fingerprint density at radius 1 is 1.07 bits per heavy atom. The van der Waals surface area contributed by atoms with E-state index in [9.17, 15) is 9.59 Å². The molecule has 0 spiro atoms. The summed E-state index contributed by atoms with van der Waals surface area (Å²) in [6.45, 7) is 0.493. The lowest BCUT2D eigenvalue weighted by Crippen LogP contribution is -2.24. The molecule has 0 saturated heterocycles. The number of carbonyl (C=O) groups is 2. The van der Waals surface area contributed by atoms with Crippen molar-refractivity contribution in [2.75, 3.05) is 24.7 Å². The number of hydrogen-bond acceptors (Lipinski definition) is 5. The van der Waals surface area contributed by atoms with Gasteiger partial charge in [-0.3, -0.25) is 9.59 Å². The Kier molecular flexibility index (Phi) is 5.73. The van der Waals surface area contributed by atoms with Crippen LogP contribution in [-0.2, 0) is 22.4 Å². The average molecular weight is 415 g/mol. The summed E-state index contributed by atoms with van der Waals surface area (Å²) in [7, 11) is 1.62. The molecule has 0 atom stereocenters. The van der Waals surface area contributed by atoms with E-state index < -0.39 is 0 Å². The van der Waals surface area contributed by atoms with Gasteiger partial charge in [-0.25, -0.2) is 0 Å². The number of benzene rings is 1. The maximum Gasteiger partial charge on any atom is 0.292 e. The van der Waals surface area contributed by atoms with Crippen molar-refractivity contribution < 1.29 is 14.3 Å². The van der Waals surface area contributed by atoms with Crippen LogP contribution in [0.5, 0.6) is 0 Å². The molecule has 2 N–H and O–H groups in total. The predicted octanol–water partition coefficient (Wildman–Crippen LogP) is 4.06. The van der Waals surface area contributed by atoms with Crippen LogP contribution in [0, 0.1) is 0 Å². The quantitative estimate of drug-likeness (QED) is 0.792. The van der Waals surface area contributed by atoms with Crippen molar-refractivity contribution in [3.8, 4) is 0 Å². The van der Waals surface area contributed by atoms with E-state index in [0.29, 0.717) is 22.9 Å². The van der Waals surface area contributed by atoms with Gasteiger partial charge in [0.1, 0.15) is 5.00 Å². The van der Waals surface area contributed by atoms with Crippen molar-refractivity contribution in [3.05, 3.63) is 57.7 Å². The van der Waals surface area contributed by atoms with Gasteiger partial charge in [-0.05, 0) is 36.8 Å². The molecule has 4 rings (SSSR count). The minimum Gasteiger partial charge on any atom is -0.486 e. The molecule has 0 unspecified atom stereocenters. The van der Waals surface area contributed by atoms with Gasteiger partial charge in [0.15, 0.2) is 5.76 Å². The molecule has 1 aliphatic heterocycles. The molecule has 2 aliphatic rings. The van der Waals surface area contributed by atoms with Gasteiger partial charge >= 0.3 is 0 Å². The van der Waals surface area contributed by atoms with Crippen molar-refractivity contribution >= 4 is 44.8 Å². The first kappa shape index (κ1) is 19.1. The summed E-state index contributed by atoms with van der Waals surface area (Å²) in [5.41, 5.74) is 2.66. The third-order valence-corrected chi connectivity index (χ3v) is 7.16. The number of anilines is 1. The van der Waals surface area contributed by atoms with Crippen molar-refractivity contribution in [2.24, 2.45) is 0 Å². The minimum absolute atomic E-state index is 0.147. The van der Waals surface area contributed by atoms with Crippen molar-refractivity contribution in [1.82, 2.24) is 5.32 Å². The van der Waals surface area contributed by atoms with Crippen molar-refractivity contribution in [2.45, 2.75) is 25.7 Å². The fraction of sp³-hybridized carbons (Fsp3) is 0.333. The van der Waals surface area contributed by atoms with Gasteiger partial charge in [-0.2, -0.15) is 0 Å². The number of nitrogens with one attached hydrogen (secondary N) is 2. The first-order valence-corrected chi connectivity index (χ1v) is 11.2. The molecule has 1 aromatic heterocycles. The molecule has 146 valence electrons. The van der Waals surface area contributed by atoms with Crippen molar-refractivity contribution in [1.29, 1.82) is 0 Å². The van der Waals surface area contributed by atoms with Gasteiger partial charge < -0.3 is 15.4 Å². The van der Waals surface area contributed by atoms with Gasteiger partial charge in [-0.1, -0.05) is 30.3 Å². The van der Waals surface area contributed by atoms with Crippen molar-refractivity contribution in [3.63, 3.8) is 0 Å². The zero-order valence-corrected chi connectivity index (χ0v) is 17.3. The molecule has 0 fully saturated rings. The molecule has 0 saturated carbocycles. The van der Waals surface area contributed by atoms with E-state index in [4.69, 9.17) is 4.74 Å². The Bertz CT molecular complexity index is 935. The number of thioether (sulfide) groups is 1. The van der Waals surface area contributed by atoms with Crippen LogP contribution in [0.25, 0.3) is 4.91 Å². The van der Waals surface area contributed by atoms with Crippen LogP contribution in [-0.4, -0.2) is 31.2 Å². The Morgan fingerprint density at radius 2 is 1.86 bits per heavy atom. The number of hydrogen-bond donors (Lipinski definition) is 2. The number of carbonyl (C=O) groups excluding carboxylic acids is 2. The largest absolute Gasteiger partial charge is 0.486 e. The lowest BCUT2D eigenvalue weighted by molar-refractivity contribution is -0.115. The highest BCUT2D eigenvalue weighted by molar-refractivity contribution is 8.08. The highest BCUT2D eigenvalue weighted by Gasteiger charge is 2.28. The SMILES string of the molecule is CNC(=O)c1c(NC(=O)C2=C(c3ccccc3)SCCO2)sc2c1CCCC2. The highest BCUT2D eigenvalue weighted by atomic mass is 32.2. The van der Waals surface area contributed by atoms with E-state index in [1.165, 1.54) is 16.2 Å². The molecule has 0 radical (unpaired) electrons. The van der Waals surface area contributed by atoms with Crippen LogP contribution in [0.15, 0.2) is 36.1 Å². The average Bonchev–Trinajstić information content (AvgIpc) is 3.11. The maximum atomic E-state index is 13.1. The summed E-state index contributed by atoms with van der Waals surface area (Å²) >= 11 is 3.14. The lowest BCUT2D eigenvalue weighted by atomic mass is 9.95. The zero-order chi connectivity index (χ0) is 19.5. The topological polar surface area (TPSA) is 67.4 Å². The third-order valence-electron chi connectivity index (χ3n) is 4.88. The first-order valence-electron chi connectivity index (χ1n) is 9.42. The van der Waals surface area contributed by atoms with Crippen LogP contribution in [0.3, 0.4) is 0 Å². The number of aryl methyl sites for hydroxylation is 1. The molecule has 2 aromatic rings. The van der Waals surface area contributed by atoms with E-state index in [0.717, 1.165) is 47.5 Å².